The van der Waals surface area contributed by atoms with Gasteiger partial charge in [0.1, 0.15) is 5.70 Å². The van der Waals surface area contributed by atoms with E-state index in [1.807, 2.05) is 50.2 Å². The van der Waals surface area contributed by atoms with E-state index in [0.717, 1.165) is 18.4 Å². The highest BCUT2D eigenvalue weighted by Crippen LogP contribution is 2.10. The zero-order valence-corrected chi connectivity index (χ0v) is 15.4. The van der Waals surface area contributed by atoms with Crippen LogP contribution in [-0.2, 0) is 4.79 Å². The van der Waals surface area contributed by atoms with E-state index in [2.05, 4.69) is 5.32 Å². The smallest absolute Gasteiger partial charge is 0.270 e. The van der Waals surface area contributed by atoms with Gasteiger partial charge in [-0.25, -0.2) is 0 Å². The molecule has 26 heavy (non-hydrogen) atoms. The minimum atomic E-state index is -0.283. The average Bonchev–Trinajstić information content (AvgIpc) is 2.68. The number of benzene rings is 2. The van der Waals surface area contributed by atoms with Crippen molar-refractivity contribution in [3.63, 3.8) is 0 Å². The molecule has 0 bridgehead atoms. The van der Waals surface area contributed by atoms with Gasteiger partial charge in [-0.1, -0.05) is 62.4 Å². The summed E-state index contributed by atoms with van der Waals surface area (Å²) in [6.07, 6.45) is 3.48. The van der Waals surface area contributed by atoms with Gasteiger partial charge in [0.25, 0.3) is 11.8 Å². The van der Waals surface area contributed by atoms with Crippen molar-refractivity contribution < 1.29 is 9.59 Å². The number of rotatable bonds is 8. The second kappa shape index (κ2) is 10.2. The van der Waals surface area contributed by atoms with Crippen molar-refractivity contribution in [2.24, 2.45) is 0 Å². The number of hydrogen-bond acceptors (Lipinski definition) is 2. The van der Waals surface area contributed by atoms with Gasteiger partial charge in [0.2, 0.25) is 0 Å². The largest absolute Gasteiger partial charge is 0.337 e. The minimum Gasteiger partial charge on any atom is -0.337 e. The molecule has 2 aromatic rings. The Morgan fingerprint density at radius 3 is 1.96 bits per heavy atom. The van der Waals surface area contributed by atoms with Crippen LogP contribution in [0, 0.1) is 0 Å². The fourth-order valence-corrected chi connectivity index (χ4v) is 2.68. The van der Waals surface area contributed by atoms with Gasteiger partial charge in [0.15, 0.2) is 0 Å². The van der Waals surface area contributed by atoms with Crippen molar-refractivity contribution in [2.45, 2.75) is 26.7 Å². The van der Waals surface area contributed by atoms with E-state index < -0.39 is 0 Å². The lowest BCUT2D eigenvalue weighted by Crippen LogP contribution is -2.39. The Balaban J connectivity index is 2.31. The number of amides is 2. The Hall–Kier alpha value is -2.88. The Bertz CT molecular complexity index is 733. The first-order chi connectivity index (χ1) is 12.7. The molecule has 0 atom stereocenters. The van der Waals surface area contributed by atoms with Crippen LogP contribution < -0.4 is 5.32 Å². The molecule has 0 aliphatic heterocycles. The molecule has 2 rings (SSSR count). The van der Waals surface area contributed by atoms with Crippen LogP contribution in [0.5, 0.6) is 0 Å². The first kappa shape index (κ1) is 19.4. The van der Waals surface area contributed by atoms with Gasteiger partial charge in [0, 0.05) is 18.7 Å². The van der Waals surface area contributed by atoms with E-state index in [0.29, 0.717) is 24.4 Å². The second-order valence-corrected chi connectivity index (χ2v) is 6.08. The van der Waals surface area contributed by atoms with Crippen LogP contribution in [0.25, 0.3) is 6.08 Å². The van der Waals surface area contributed by atoms with E-state index in [1.54, 1.807) is 35.2 Å². The highest BCUT2D eigenvalue weighted by atomic mass is 16.2. The van der Waals surface area contributed by atoms with Crippen molar-refractivity contribution in [1.29, 1.82) is 0 Å². The van der Waals surface area contributed by atoms with Crippen molar-refractivity contribution in [3.05, 3.63) is 77.5 Å². The van der Waals surface area contributed by atoms with Crippen molar-refractivity contribution in [3.8, 4) is 0 Å². The van der Waals surface area contributed by atoms with E-state index in [4.69, 9.17) is 0 Å². The van der Waals surface area contributed by atoms with Gasteiger partial charge in [-0.2, -0.15) is 0 Å². The molecule has 0 fully saturated rings. The van der Waals surface area contributed by atoms with Crippen molar-refractivity contribution in [2.75, 3.05) is 13.1 Å². The van der Waals surface area contributed by atoms with Crippen LogP contribution in [0.1, 0.15) is 42.6 Å². The predicted octanol–water partition coefficient (Wildman–Crippen LogP) is 4.11. The number of nitrogens with one attached hydrogen (secondary N) is 1. The van der Waals surface area contributed by atoms with Gasteiger partial charge in [0.05, 0.1) is 0 Å². The summed E-state index contributed by atoms with van der Waals surface area (Å²) in [7, 11) is 0. The zero-order valence-electron chi connectivity index (χ0n) is 15.4. The summed E-state index contributed by atoms with van der Waals surface area (Å²) in [6, 6.07) is 18.5. The van der Waals surface area contributed by atoms with Crippen LogP contribution in [0.4, 0.5) is 0 Å². The maximum Gasteiger partial charge on any atom is 0.270 e. The molecule has 0 saturated heterocycles. The maximum atomic E-state index is 13.0. The van der Waals surface area contributed by atoms with Crippen molar-refractivity contribution >= 4 is 17.9 Å². The first-order valence-electron chi connectivity index (χ1n) is 9.08. The monoisotopic (exact) mass is 350 g/mol. The molecular weight excluding hydrogens is 324 g/mol. The minimum absolute atomic E-state index is 0.151. The van der Waals surface area contributed by atoms with Crippen LogP contribution >= 0.6 is 0 Å². The van der Waals surface area contributed by atoms with E-state index in [-0.39, 0.29) is 11.8 Å². The van der Waals surface area contributed by atoms with Gasteiger partial charge in [-0.15, -0.1) is 0 Å². The fourth-order valence-electron chi connectivity index (χ4n) is 2.68. The molecule has 2 amide bonds. The highest BCUT2D eigenvalue weighted by Gasteiger charge is 2.19. The summed E-state index contributed by atoms with van der Waals surface area (Å²) < 4.78 is 0. The van der Waals surface area contributed by atoms with E-state index in [9.17, 15) is 9.59 Å². The molecule has 0 aliphatic carbocycles. The lowest BCUT2D eigenvalue weighted by atomic mass is 10.1. The van der Waals surface area contributed by atoms with Gasteiger partial charge >= 0.3 is 0 Å². The lowest BCUT2D eigenvalue weighted by Gasteiger charge is -2.23. The second-order valence-electron chi connectivity index (χ2n) is 6.08. The summed E-state index contributed by atoms with van der Waals surface area (Å²) >= 11 is 0. The molecule has 4 heteroatoms. The third-order valence-corrected chi connectivity index (χ3v) is 3.90. The summed E-state index contributed by atoms with van der Waals surface area (Å²) in [6.45, 7) is 5.41. The summed E-state index contributed by atoms with van der Waals surface area (Å²) in [4.78, 5) is 27.4. The number of carbonyl (C=O) groups is 2. The summed E-state index contributed by atoms with van der Waals surface area (Å²) in [5.74, 6) is -0.434. The molecule has 2 aromatic carbocycles. The molecular formula is C22H26N2O2. The number of carbonyl (C=O) groups excluding carboxylic acids is 2. The van der Waals surface area contributed by atoms with Crippen LogP contribution in [0.3, 0.4) is 0 Å². The molecule has 0 unspecified atom stereocenters. The van der Waals surface area contributed by atoms with E-state index in [1.165, 1.54) is 0 Å². The molecule has 0 aliphatic rings. The Labute approximate surface area is 155 Å². The lowest BCUT2D eigenvalue weighted by molar-refractivity contribution is -0.127. The third-order valence-electron chi connectivity index (χ3n) is 3.90. The molecule has 0 heterocycles. The molecule has 0 saturated carbocycles. The highest BCUT2D eigenvalue weighted by molar-refractivity contribution is 6.05. The van der Waals surface area contributed by atoms with Crippen LogP contribution in [-0.4, -0.2) is 29.8 Å². The summed E-state index contributed by atoms with van der Waals surface area (Å²) in [5, 5.41) is 2.81. The fraction of sp³-hybridized carbons (Fsp3) is 0.273. The number of nitrogens with zero attached hydrogens (tertiary/aromatic N) is 1. The topological polar surface area (TPSA) is 49.4 Å². The van der Waals surface area contributed by atoms with E-state index >= 15 is 0 Å². The van der Waals surface area contributed by atoms with Gasteiger partial charge < -0.3 is 10.2 Å². The standard InChI is InChI=1S/C22H26N2O2/c1-3-15-24(16-4-2)22(26)20(17-18-11-7-5-8-12-18)23-21(25)19-13-9-6-10-14-19/h5-14,17H,3-4,15-16H2,1-2H3,(H,23,25)/b20-17-. The Morgan fingerprint density at radius 1 is 0.885 bits per heavy atom. The SMILES string of the molecule is CCCN(CCC)C(=O)/C(=C/c1ccccc1)NC(=O)c1ccccc1. The average molecular weight is 350 g/mol. The predicted molar refractivity (Wildman–Crippen MR) is 105 cm³/mol. The summed E-state index contributed by atoms with van der Waals surface area (Å²) in [5.41, 5.74) is 1.70. The van der Waals surface area contributed by atoms with Gasteiger partial charge in [-0.3, -0.25) is 9.59 Å². The molecule has 1 N–H and O–H groups in total. The van der Waals surface area contributed by atoms with Crippen LogP contribution in [0.2, 0.25) is 0 Å². The molecule has 0 aromatic heterocycles. The van der Waals surface area contributed by atoms with Crippen LogP contribution in [0.15, 0.2) is 66.4 Å². The Kier molecular flexibility index (Phi) is 7.62. The molecule has 0 radical (unpaired) electrons. The third kappa shape index (κ3) is 5.59. The quantitative estimate of drug-likeness (QED) is 0.729. The zero-order chi connectivity index (χ0) is 18.8. The maximum absolute atomic E-state index is 13.0. The van der Waals surface area contributed by atoms with Gasteiger partial charge in [-0.05, 0) is 36.6 Å². The number of hydrogen-bond donors (Lipinski definition) is 1. The molecule has 136 valence electrons. The van der Waals surface area contributed by atoms with Crippen molar-refractivity contribution in [1.82, 2.24) is 10.2 Å². The Morgan fingerprint density at radius 2 is 1.42 bits per heavy atom. The molecule has 4 nitrogen and oxygen atoms in total. The first-order valence-corrected chi connectivity index (χ1v) is 9.08. The molecule has 0 spiro atoms. The normalized spacial score (nSPS) is 11.1.